The summed E-state index contributed by atoms with van der Waals surface area (Å²) in [5.74, 6) is 0.616. The highest BCUT2D eigenvalue weighted by molar-refractivity contribution is 6.74. The number of rotatable bonds is 12. The second kappa shape index (κ2) is 13.2. The Hall–Kier alpha value is -2.22. The van der Waals surface area contributed by atoms with Gasteiger partial charge in [-0.15, -0.1) is 0 Å². The minimum Gasteiger partial charge on any atom is -0.497 e. The third kappa shape index (κ3) is 8.40. The molecule has 5 nitrogen and oxygen atoms in total. The number of ether oxygens (including phenoxy) is 2. The Balaban J connectivity index is 1.85. The second-order valence-corrected chi connectivity index (χ2v) is 18.3. The summed E-state index contributed by atoms with van der Waals surface area (Å²) in [6.07, 6.45) is 2.45. The smallest absolute Gasteiger partial charge is 0.323 e. The summed E-state index contributed by atoms with van der Waals surface area (Å²) < 4.78 is 32.2. The predicted molar refractivity (Wildman–Crippen MR) is 163 cm³/mol. The summed E-state index contributed by atoms with van der Waals surface area (Å²) in [4.78, 5) is 13.7. The number of hydrogen-bond acceptors (Lipinski definition) is 5. The Morgan fingerprint density at radius 2 is 1.75 bits per heavy atom. The van der Waals surface area contributed by atoms with Crippen molar-refractivity contribution in [1.82, 2.24) is 5.32 Å². The van der Waals surface area contributed by atoms with Crippen LogP contribution in [0.15, 0.2) is 48.5 Å². The first-order valence-electron chi connectivity index (χ1n) is 14.6. The normalized spacial score (nSPS) is 20.8. The van der Waals surface area contributed by atoms with Gasteiger partial charge >= 0.3 is 5.97 Å². The van der Waals surface area contributed by atoms with Crippen LogP contribution < -0.4 is 10.1 Å². The van der Waals surface area contributed by atoms with E-state index in [1.807, 2.05) is 30.3 Å². The largest absolute Gasteiger partial charge is 0.497 e. The third-order valence-electron chi connectivity index (χ3n) is 9.17. The quantitative estimate of drug-likeness (QED) is 0.208. The van der Waals surface area contributed by atoms with E-state index in [4.69, 9.17) is 13.9 Å². The molecule has 4 atom stereocenters. The lowest BCUT2D eigenvalue weighted by Gasteiger charge is -2.37. The van der Waals surface area contributed by atoms with Crippen LogP contribution in [0.3, 0.4) is 0 Å². The summed E-state index contributed by atoms with van der Waals surface area (Å²) in [5, 5.41) is 3.74. The summed E-state index contributed by atoms with van der Waals surface area (Å²) in [6, 6.07) is 14.0. The molecule has 4 unspecified atom stereocenters. The fraction of sp³-hybridized carbons (Fsp3) is 0.606. The van der Waals surface area contributed by atoms with Crippen molar-refractivity contribution in [1.29, 1.82) is 0 Å². The van der Waals surface area contributed by atoms with Crippen LogP contribution in [0.5, 0.6) is 5.75 Å². The summed E-state index contributed by atoms with van der Waals surface area (Å²) >= 11 is 0. The van der Waals surface area contributed by atoms with Crippen LogP contribution in [-0.4, -0.2) is 39.6 Å². The number of esters is 1. The predicted octanol–water partition coefficient (Wildman–Crippen LogP) is 7.86. The van der Waals surface area contributed by atoms with Crippen LogP contribution in [-0.2, 0) is 20.6 Å². The van der Waals surface area contributed by atoms with Gasteiger partial charge in [-0.05, 0) is 104 Å². The van der Waals surface area contributed by atoms with E-state index in [9.17, 15) is 9.18 Å². The average molecular weight is 572 g/mol. The fourth-order valence-corrected chi connectivity index (χ4v) is 6.22. The zero-order chi connectivity index (χ0) is 29.7. The summed E-state index contributed by atoms with van der Waals surface area (Å²) in [6.45, 7) is 18.4. The van der Waals surface area contributed by atoms with Gasteiger partial charge in [-0.25, -0.2) is 4.39 Å². The highest BCUT2D eigenvalue weighted by Gasteiger charge is 2.45. The molecule has 222 valence electrons. The first-order valence-corrected chi connectivity index (χ1v) is 17.5. The molecular formula is C33H50FNO4Si. The first-order chi connectivity index (χ1) is 18.7. The molecule has 0 heterocycles. The van der Waals surface area contributed by atoms with Crippen molar-refractivity contribution in [2.24, 2.45) is 11.8 Å². The molecule has 1 saturated carbocycles. The van der Waals surface area contributed by atoms with Crippen molar-refractivity contribution >= 4 is 14.3 Å². The number of nitrogens with one attached hydrogen (secondary N) is 1. The van der Waals surface area contributed by atoms with E-state index in [1.54, 1.807) is 19.2 Å². The SMILES string of the molecule is CCC(C)(C)NC(C(=O)OCc1ccc(OC)cc1)C1CC(CO[Si](C)(C)C(C)(C)C)C(c2cccc(F)c2)C1. The number of carbonyl (C=O) groups is 1. The lowest BCUT2D eigenvalue weighted by molar-refractivity contribution is -0.149. The molecule has 0 bridgehead atoms. The lowest BCUT2D eigenvalue weighted by Crippen LogP contribution is -2.53. The fourth-order valence-electron chi connectivity index (χ4n) is 5.16. The Kier molecular flexibility index (Phi) is 10.6. The van der Waals surface area contributed by atoms with Crippen LogP contribution in [0.1, 0.15) is 77.8 Å². The maximum absolute atomic E-state index is 14.3. The molecule has 2 aromatic carbocycles. The minimum absolute atomic E-state index is 0.0375. The molecular weight excluding hydrogens is 521 g/mol. The van der Waals surface area contributed by atoms with Crippen LogP contribution in [0.4, 0.5) is 4.39 Å². The van der Waals surface area contributed by atoms with E-state index in [0.717, 1.165) is 36.1 Å². The van der Waals surface area contributed by atoms with Gasteiger partial charge in [0.05, 0.1) is 7.11 Å². The molecule has 1 fully saturated rings. The van der Waals surface area contributed by atoms with E-state index < -0.39 is 14.4 Å². The van der Waals surface area contributed by atoms with Crippen molar-refractivity contribution in [3.8, 4) is 5.75 Å². The molecule has 0 saturated heterocycles. The highest BCUT2D eigenvalue weighted by atomic mass is 28.4. The van der Waals surface area contributed by atoms with Crippen molar-refractivity contribution in [2.45, 2.75) is 103 Å². The Morgan fingerprint density at radius 1 is 1.07 bits per heavy atom. The van der Waals surface area contributed by atoms with Gasteiger partial charge in [-0.2, -0.15) is 0 Å². The van der Waals surface area contributed by atoms with Crippen LogP contribution in [0, 0.1) is 17.7 Å². The standard InChI is InChI=1S/C33H50FNO4Si/c1-10-33(5,6)35-30(31(36)38-21-23-14-16-28(37-7)17-15-23)25-18-26(22-39-40(8,9)32(2,3)4)29(20-25)24-12-11-13-27(34)19-24/h11-17,19,25-26,29-30,35H,10,18,20-22H2,1-9H3. The molecule has 0 aliphatic heterocycles. The number of carbonyl (C=O) groups excluding carboxylic acids is 1. The van der Waals surface area contributed by atoms with Gasteiger partial charge in [-0.1, -0.05) is 52.0 Å². The lowest BCUT2D eigenvalue weighted by atomic mass is 9.89. The number of methoxy groups -OCH3 is 1. The first kappa shape index (κ1) is 32.3. The van der Waals surface area contributed by atoms with E-state index in [1.165, 1.54) is 6.07 Å². The molecule has 1 aliphatic rings. The monoisotopic (exact) mass is 571 g/mol. The molecule has 3 rings (SSSR count). The molecule has 0 amide bonds. The van der Waals surface area contributed by atoms with E-state index in [2.05, 4.69) is 60.0 Å². The Labute approximate surface area is 242 Å². The van der Waals surface area contributed by atoms with Gasteiger partial charge in [0, 0.05) is 12.1 Å². The number of halogens is 1. The Bertz CT molecular complexity index is 1110. The summed E-state index contributed by atoms with van der Waals surface area (Å²) in [7, 11) is -0.347. The van der Waals surface area contributed by atoms with Crippen molar-refractivity contribution < 1.29 is 23.1 Å². The van der Waals surface area contributed by atoms with E-state index in [0.29, 0.717) is 6.61 Å². The molecule has 0 aromatic heterocycles. The van der Waals surface area contributed by atoms with Crippen LogP contribution in [0.25, 0.3) is 0 Å². The number of benzene rings is 2. The second-order valence-electron chi connectivity index (χ2n) is 13.5. The molecule has 2 aromatic rings. The average Bonchev–Trinajstić information content (AvgIpc) is 3.33. The number of hydrogen-bond donors (Lipinski definition) is 1. The Morgan fingerprint density at radius 3 is 2.33 bits per heavy atom. The van der Waals surface area contributed by atoms with Gasteiger partial charge in [0.1, 0.15) is 24.2 Å². The minimum atomic E-state index is -1.98. The topological polar surface area (TPSA) is 56.8 Å². The zero-order valence-corrected chi connectivity index (χ0v) is 27.0. The van der Waals surface area contributed by atoms with Crippen molar-refractivity contribution in [2.75, 3.05) is 13.7 Å². The molecule has 1 aliphatic carbocycles. The maximum Gasteiger partial charge on any atom is 0.323 e. The van der Waals surface area contributed by atoms with Gasteiger partial charge in [-0.3, -0.25) is 10.1 Å². The molecule has 0 spiro atoms. The zero-order valence-electron chi connectivity index (χ0n) is 26.0. The van der Waals surface area contributed by atoms with Crippen molar-refractivity contribution in [3.63, 3.8) is 0 Å². The van der Waals surface area contributed by atoms with Crippen LogP contribution in [0.2, 0.25) is 18.1 Å². The van der Waals surface area contributed by atoms with Gasteiger partial charge in [0.15, 0.2) is 8.32 Å². The maximum atomic E-state index is 14.3. The molecule has 7 heteroatoms. The molecule has 0 radical (unpaired) electrons. The van der Waals surface area contributed by atoms with E-state index >= 15 is 0 Å². The highest BCUT2D eigenvalue weighted by Crippen LogP contribution is 2.46. The third-order valence-corrected chi connectivity index (χ3v) is 13.7. The summed E-state index contributed by atoms with van der Waals surface area (Å²) in [5.41, 5.74) is 1.65. The molecule has 1 N–H and O–H groups in total. The van der Waals surface area contributed by atoms with Gasteiger partial charge in [0.25, 0.3) is 0 Å². The van der Waals surface area contributed by atoms with Crippen molar-refractivity contribution in [3.05, 3.63) is 65.5 Å². The van der Waals surface area contributed by atoms with Gasteiger partial charge < -0.3 is 13.9 Å². The van der Waals surface area contributed by atoms with Crippen LogP contribution >= 0.6 is 0 Å². The molecule has 40 heavy (non-hydrogen) atoms. The van der Waals surface area contributed by atoms with E-state index in [-0.39, 0.29) is 46.7 Å². The van der Waals surface area contributed by atoms with Gasteiger partial charge in [0.2, 0.25) is 0 Å².